The third-order valence-electron chi connectivity index (χ3n) is 2.49. The van der Waals surface area contributed by atoms with E-state index in [1.54, 1.807) is 0 Å². The van der Waals surface area contributed by atoms with Gasteiger partial charge in [0.2, 0.25) is 5.91 Å². The number of hydrogen-bond donors (Lipinski definition) is 2. The zero-order chi connectivity index (χ0) is 10.6. The number of nitrogens with one attached hydrogen (secondary N) is 2. The molecule has 1 rings (SSSR count). The molecule has 2 atom stereocenters. The average Bonchev–Trinajstić information content (AvgIpc) is 2.60. The van der Waals surface area contributed by atoms with Crippen molar-refractivity contribution >= 4 is 11.9 Å². The Hall–Kier alpha value is -1.10. The molecule has 0 aromatic heterocycles. The van der Waals surface area contributed by atoms with Crippen molar-refractivity contribution in [1.82, 2.24) is 10.6 Å². The first kappa shape index (κ1) is 11.0. The molecular weight excluding hydrogens is 184 g/mol. The standard InChI is InChI=1S/C9H16N2O3/c1-6-3-10-4-7(6)9(13)11-5-8(12)14-2/h6-7,10H,3-5H2,1-2H3,(H,11,13). The van der Waals surface area contributed by atoms with Crippen LogP contribution in [0.5, 0.6) is 0 Å². The van der Waals surface area contributed by atoms with Crippen LogP contribution in [-0.4, -0.2) is 38.6 Å². The molecular formula is C9H16N2O3. The lowest BCUT2D eigenvalue weighted by molar-refractivity contribution is -0.141. The first-order valence-corrected chi connectivity index (χ1v) is 4.70. The minimum absolute atomic E-state index is 0.0281. The summed E-state index contributed by atoms with van der Waals surface area (Å²) in [6, 6.07) is 0. The van der Waals surface area contributed by atoms with Crippen molar-refractivity contribution in [3.05, 3.63) is 0 Å². The first-order valence-electron chi connectivity index (χ1n) is 4.70. The van der Waals surface area contributed by atoms with Crippen LogP contribution in [0.3, 0.4) is 0 Å². The van der Waals surface area contributed by atoms with Gasteiger partial charge < -0.3 is 15.4 Å². The third kappa shape index (κ3) is 2.70. The van der Waals surface area contributed by atoms with Crippen molar-refractivity contribution in [3.63, 3.8) is 0 Å². The van der Waals surface area contributed by atoms with Gasteiger partial charge in [-0.15, -0.1) is 0 Å². The first-order chi connectivity index (χ1) is 6.65. The van der Waals surface area contributed by atoms with Crippen molar-refractivity contribution in [2.45, 2.75) is 6.92 Å². The molecule has 1 fully saturated rings. The van der Waals surface area contributed by atoms with E-state index < -0.39 is 5.97 Å². The summed E-state index contributed by atoms with van der Waals surface area (Å²) in [7, 11) is 1.30. The van der Waals surface area contributed by atoms with Crippen molar-refractivity contribution < 1.29 is 14.3 Å². The lowest BCUT2D eigenvalue weighted by atomic mass is 9.97. The monoisotopic (exact) mass is 200 g/mol. The van der Waals surface area contributed by atoms with Gasteiger partial charge in [0.05, 0.1) is 13.0 Å². The maximum atomic E-state index is 11.5. The predicted molar refractivity (Wildman–Crippen MR) is 50.5 cm³/mol. The number of carbonyl (C=O) groups excluding carboxylic acids is 2. The van der Waals surface area contributed by atoms with Crippen molar-refractivity contribution in [2.75, 3.05) is 26.7 Å². The van der Waals surface area contributed by atoms with Crippen LogP contribution in [0.25, 0.3) is 0 Å². The van der Waals surface area contributed by atoms with E-state index >= 15 is 0 Å². The van der Waals surface area contributed by atoms with E-state index in [1.807, 2.05) is 6.92 Å². The largest absolute Gasteiger partial charge is 0.468 e. The molecule has 0 radical (unpaired) electrons. The van der Waals surface area contributed by atoms with E-state index in [0.29, 0.717) is 12.5 Å². The Bertz CT molecular complexity index is 230. The van der Waals surface area contributed by atoms with Crippen molar-refractivity contribution in [1.29, 1.82) is 0 Å². The number of esters is 1. The number of hydrogen-bond acceptors (Lipinski definition) is 4. The Morgan fingerprint density at radius 1 is 1.50 bits per heavy atom. The summed E-state index contributed by atoms with van der Waals surface area (Å²) in [5.74, 6) is -0.197. The SMILES string of the molecule is COC(=O)CNC(=O)C1CNCC1C. The number of rotatable bonds is 3. The highest BCUT2D eigenvalue weighted by atomic mass is 16.5. The van der Waals surface area contributed by atoms with Crippen LogP contribution in [0.15, 0.2) is 0 Å². The predicted octanol–water partition coefficient (Wildman–Crippen LogP) is -0.869. The number of methoxy groups -OCH3 is 1. The number of amides is 1. The lowest BCUT2D eigenvalue weighted by Crippen LogP contribution is -2.37. The van der Waals surface area contributed by atoms with Gasteiger partial charge in [-0.3, -0.25) is 9.59 Å². The quantitative estimate of drug-likeness (QED) is 0.581. The molecule has 5 nitrogen and oxygen atoms in total. The second-order valence-electron chi connectivity index (χ2n) is 3.54. The number of ether oxygens (including phenoxy) is 1. The minimum atomic E-state index is -0.419. The van der Waals surface area contributed by atoms with E-state index in [2.05, 4.69) is 15.4 Å². The molecule has 2 N–H and O–H groups in total. The van der Waals surface area contributed by atoms with Gasteiger partial charge >= 0.3 is 5.97 Å². The molecule has 1 aliphatic heterocycles. The van der Waals surface area contributed by atoms with Crippen LogP contribution in [0.4, 0.5) is 0 Å². The molecule has 0 bridgehead atoms. The summed E-state index contributed by atoms with van der Waals surface area (Å²) < 4.78 is 4.42. The van der Waals surface area contributed by atoms with E-state index in [9.17, 15) is 9.59 Å². The molecule has 1 aliphatic rings. The lowest BCUT2D eigenvalue weighted by Gasteiger charge is -2.13. The molecule has 0 aromatic carbocycles. The minimum Gasteiger partial charge on any atom is -0.468 e. The highest BCUT2D eigenvalue weighted by molar-refractivity contribution is 5.84. The van der Waals surface area contributed by atoms with Crippen LogP contribution >= 0.6 is 0 Å². The summed E-state index contributed by atoms with van der Waals surface area (Å²) in [5.41, 5.74) is 0. The van der Waals surface area contributed by atoms with E-state index in [4.69, 9.17) is 0 Å². The normalized spacial score (nSPS) is 25.9. The summed E-state index contributed by atoms with van der Waals surface area (Å²) in [5, 5.41) is 5.68. The van der Waals surface area contributed by atoms with Crippen LogP contribution < -0.4 is 10.6 Å². The van der Waals surface area contributed by atoms with Gasteiger partial charge in [0.25, 0.3) is 0 Å². The van der Waals surface area contributed by atoms with Gasteiger partial charge in [-0.2, -0.15) is 0 Å². The third-order valence-corrected chi connectivity index (χ3v) is 2.49. The van der Waals surface area contributed by atoms with Gasteiger partial charge in [-0.25, -0.2) is 0 Å². The summed E-state index contributed by atoms with van der Waals surface area (Å²) in [4.78, 5) is 22.3. The van der Waals surface area contributed by atoms with Crippen LogP contribution in [0.2, 0.25) is 0 Å². The van der Waals surface area contributed by atoms with Gasteiger partial charge in [0.15, 0.2) is 0 Å². The zero-order valence-electron chi connectivity index (χ0n) is 8.50. The average molecular weight is 200 g/mol. The van der Waals surface area contributed by atoms with Crippen LogP contribution in [0, 0.1) is 11.8 Å². The Morgan fingerprint density at radius 3 is 2.71 bits per heavy atom. The Morgan fingerprint density at radius 2 is 2.21 bits per heavy atom. The van der Waals surface area contributed by atoms with Gasteiger partial charge in [-0.1, -0.05) is 6.92 Å². The fourth-order valence-electron chi connectivity index (χ4n) is 1.52. The van der Waals surface area contributed by atoms with E-state index in [-0.39, 0.29) is 18.4 Å². The molecule has 80 valence electrons. The van der Waals surface area contributed by atoms with Crippen molar-refractivity contribution in [2.24, 2.45) is 11.8 Å². The maximum absolute atomic E-state index is 11.5. The second kappa shape index (κ2) is 4.95. The van der Waals surface area contributed by atoms with Gasteiger partial charge in [0, 0.05) is 6.54 Å². The molecule has 2 unspecified atom stereocenters. The number of carbonyl (C=O) groups is 2. The van der Waals surface area contributed by atoms with Gasteiger partial charge in [-0.05, 0) is 12.5 Å². The molecule has 1 saturated heterocycles. The fourth-order valence-corrected chi connectivity index (χ4v) is 1.52. The van der Waals surface area contributed by atoms with Crippen LogP contribution in [0.1, 0.15) is 6.92 Å². The smallest absolute Gasteiger partial charge is 0.325 e. The molecule has 5 heteroatoms. The molecule has 14 heavy (non-hydrogen) atoms. The molecule has 0 aliphatic carbocycles. The Labute approximate surface area is 83.2 Å². The second-order valence-corrected chi connectivity index (χ2v) is 3.54. The topological polar surface area (TPSA) is 67.4 Å². The zero-order valence-corrected chi connectivity index (χ0v) is 8.50. The van der Waals surface area contributed by atoms with Crippen LogP contribution in [-0.2, 0) is 14.3 Å². The Balaban J connectivity index is 2.31. The molecule has 0 saturated carbocycles. The molecule has 0 aromatic rings. The molecule has 1 amide bonds. The highest BCUT2D eigenvalue weighted by Gasteiger charge is 2.29. The highest BCUT2D eigenvalue weighted by Crippen LogP contribution is 2.15. The maximum Gasteiger partial charge on any atom is 0.325 e. The molecule has 1 heterocycles. The summed E-state index contributed by atoms with van der Waals surface area (Å²) >= 11 is 0. The summed E-state index contributed by atoms with van der Waals surface area (Å²) in [6.45, 7) is 3.52. The summed E-state index contributed by atoms with van der Waals surface area (Å²) in [6.07, 6.45) is 0. The van der Waals surface area contributed by atoms with Crippen molar-refractivity contribution in [3.8, 4) is 0 Å². The fraction of sp³-hybridized carbons (Fsp3) is 0.778. The van der Waals surface area contributed by atoms with E-state index in [1.165, 1.54) is 7.11 Å². The van der Waals surface area contributed by atoms with Gasteiger partial charge in [0.1, 0.15) is 6.54 Å². The molecule has 0 spiro atoms. The Kier molecular flexibility index (Phi) is 3.88. The van der Waals surface area contributed by atoms with E-state index in [0.717, 1.165) is 6.54 Å².